The van der Waals surface area contributed by atoms with Crippen LogP contribution in [0, 0.1) is 12.8 Å². The molecule has 0 aliphatic carbocycles. The lowest BCUT2D eigenvalue weighted by Crippen LogP contribution is -2.38. The summed E-state index contributed by atoms with van der Waals surface area (Å²) >= 11 is 8.41. The zero-order valence-electron chi connectivity index (χ0n) is 11.4. The Kier molecular flexibility index (Phi) is 4.98. The molecular weight excluding hydrogens is 266 g/mol. The van der Waals surface area contributed by atoms with E-state index in [0.717, 1.165) is 35.3 Å². The number of nitrogens with zero attached hydrogens (tertiary/aromatic N) is 2. The van der Waals surface area contributed by atoms with Gasteiger partial charge in [-0.15, -0.1) is 0 Å². The molecule has 3 nitrogen and oxygen atoms in total. The van der Waals surface area contributed by atoms with Gasteiger partial charge in [0.2, 0.25) is 0 Å². The number of nitrogens with one attached hydrogen (secondary N) is 1. The van der Waals surface area contributed by atoms with Crippen LogP contribution in [0.2, 0.25) is 5.02 Å². The molecule has 1 saturated heterocycles. The third kappa shape index (κ3) is 3.03. The fourth-order valence-electron chi connectivity index (χ4n) is 2.65. The Balaban J connectivity index is 2.12. The first-order valence-corrected chi connectivity index (χ1v) is 8.15. The van der Waals surface area contributed by atoms with Crippen LogP contribution in [0.15, 0.2) is 0 Å². The number of hydrogen-bond acceptors (Lipinski definition) is 3. The van der Waals surface area contributed by atoms with E-state index in [1.54, 1.807) is 0 Å². The first-order valence-electron chi connectivity index (χ1n) is 6.62. The van der Waals surface area contributed by atoms with Crippen molar-refractivity contribution in [2.45, 2.75) is 32.7 Å². The smallest absolute Gasteiger partial charge is 0.0847 e. The summed E-state index contributed by atoms with van der Waals surface area (Å²) in [7, 11) is 1.99. The summed E-state index contributed by atoms with van der Waals surface area (Å²) in [6, 6.07) is 0.525. The molecule has 102 valence electrons. The molecular formula is C13H22ClN3S. The highest BCUT2D eigenvalue weighted by atomic mass is 35.5. The molecule has 2 rings (SSSR count). The quantitative estimate of drug-likeness (QED) is 0.903. The van der Waals surface area contributed by atoms with Crippen molar-refractivity contribution in [2.24, 2.45) is 13.0 Å². The molecule has 0 bridgehead atoms. The van der Waals surface area contributed by atoms with Crippen molar-refractivity contribution in [3.63, 3.8) is 0 Å². The van der Waals surface area contributed by atoms with E-state index in [2.05, 4.69) is 29.1 Å². The SMILES string of the molecule is CCNC(Cc1c(Cl)c(C)nn1C)C1CCSC1. The lowest BCUT2D eigenvalue weighted by Gasteiger charge is -2.24. The predicted molar refractivity (Wildman–Crippen MR) is 79.6 cm³/mol. The highest BCUT2D eigenvalue weighted by Gasteiger charge is 2.27. The van der Waals surface area contributed by atoms with E-state index in [1.165, 1.54) is 17.9 Å². The second-order valence-corrected chi connectivity index (χ2v) is 6.49. The van der Waals surface area contributed by atoms with Crippen molar-refractivity contribution in [1.82, 2.24) is 15.1 Å². The molecule has 0 saturated carbocycles. The van der Waals surface area contributed by atoms with E-state index in [0.29, 0.717) is 6.04 Å². The van der Waals surface area contributed by atoms with Gasteiger partial charge in [-0.25, -0.2) is 0 Å². The largest absolute Gasteiger partial charge is 0.314 e. The number of halogens is 1. The van der Waals surface area contributed by atoms with Crippen molar-refractivity contribution in [3.8, 4) is 0 Å². The molecule has 5 heteroatoms. The summed E-state index contributed by atoms with van der Waals surface area (Å²) in [5.74, 6) is 3.33. The van der Waals surface area contributed by atoms with Crippen LogP contribution in [0.5, 0.6) is 0 Å². The summed E-state index contributed by atoms with van der Waals surface area (Å²) in [4.78, 5) is 0. The second-order valence-electron chi connectivity index (χ2n) is 4.96. The van der Waals surface area contributed by atoms with Crippen LogP contribution in [-0.2, 0) is 13.5 Å². The van der Waals surface area contributed by atoms with Gasteiger partial charge in [-0.2, -0.15) is 16.9 Å². The molecule has 1 aliphatic heterocycles. The molecule has 1 aromatic rings. The third-order valence-corrected chi connectivity index (χ3v) is 5.36. The van der Waals surface area contributed by atoms with E-state index in [4.69, 9.17) is 11.6 Å². The highest BCUT2D eigenvalue weighted by Crippen LogP contribution is 2.29. The van der Waals surface area contributed by atoms with Crippen LogP contribution in [0.1, 0.15) is 24.7 Å². The van der Waals surface area contributed by atoms with Crippen LogP contribution >= 0.6 is 23.4 Å². The minimum absolute atomic E-state index is 0.525. The zero-order valence-corrected chi connectivity index (χ0v) is 12.9. The van der Waals surface area contributed by atoms with Crippen LogP contribution in [0.4, 0.5) is 0 Å². The number of aryl methyl sites for hydroxylation is 2. The molecule has 1 aliphatic rings. The Hall–Kier alpha value is -0.190. The first kappa shape index (κ1) is 14.2. The number of likely N-dealkylation sites (N-methyl/N-ethyl adjacent to an activating group) is 1. The van der Waals surface area contributed by atoms with Crippen molar-refractivity contribution < 1.29 is 0 Å². The van der Waals surface area contributed by atoms with Gasteiger partial charge < -0.3 is 5.32 Å². The van der Waals surface area contributed by atoms with Crippen molar-refractivity contribution in [2.75, 3.05) is 18.1 Å². The van der Waals surface area contributed by atoms with Crippen LogP contribution in [0.3, 0.4) is 0 Å². The Morgan fingerprint density at radius 3 is 2.89 bits per heavy atom. The summed E-state index contributed by atoms with van der Waals surface area (Å²) in [5, 5.41) is 8.86. The van der Waals surface area contributed by atoms with Gasteiger partial charge in [-0.3, -0.25) is 4.68 Å². The fourth-order valence-corrected chi connectivity index (χ4v) is 4.22. The van der Waals surface area contributed by atoms with Crippen LogP contribution in [0.25, 0.3) is 0 Å². The predicted octanol–water partition coefficient (Wildman–Crippen LogP) is 2.66. The number of hydrogen-bond donors (Lipinski definition) is 1. The average Bonchev–Trinajstić information content (AvgIpc) is 2.93. The topological polar surface area (TPSA) is 29.9 Å². The molecule has 2 atom stereocenters. The van der Waals surface area contributed by atoms with Gasteiger partial charge in [0.05, 0.1) is 16.4 Å². The Labute approximate surface area is 119 Å². The van der Waals surface area contributed by atoms with E-state index < -0.39 is 0 Å². The van der Waals surface area contributed by atoms with Gasteiger partial charge in [0.15, 0.2) is 0 Å². The average molecular weight is 288 g/mol. The fraction of sp³-hybridized carbons (Fsp3) is 0.769. The van der Waals surface area contributed by atoms with Crippen LogP contribution in [-0.4, -0.2) is 33.9 Å². The molecule has 1 aromatic heterocycles. The third-order valence-electron chi connectivity index (χ3n) is 3.68. The number of aromatic nitrogens is 2. The molecule has 1 fully saturated rings. The maximum Gasteiger partial charge on any atom is 0.0847 e. The van der Waals surface area contributed by atoms with Crippen molar-refractivity contribution >= 4 is 23.4 Å². The number of rotatable bonds is 5. The standard InChI is InChI=1S/C13H22ClN3S/c1-4-15-11(10-5-6-18-8-10)7-12-13(14)9(2)16-17(12)3/h10-11,15H,4-8H2,1-3H3. The Bertz CT molecular complexity index is 399. The van der Waals surface area contributed by atoms with E-state index in [1.807, 2.05) is 18.7 Å². The van der Waals surface area contributed by atoms with E-state index in [9.17, 15) is 0 Å². The minimum Gasteiger partial charge on any atom is -0.314 e. The monoisotopic (exact) mass is 287 g/mol. The Morgan fingerprint density at radius 2 is 2.39 bits per heavy atom. The van der Waals surface area contributed by atoms with Crippen molar-refractivity contribution in [3.05, 3.63) is 16.4 Å². The molecule has 0 amide bonds. The van der Waals surface area contributed by atoms with Crippen molar-refractivity contribution in [1.29, 1.82) is 0 Å². The summed E-state index contributed by atoms with van der Waals surface area (Å²) in [6.07, 6.45) is 2.30. The number of thioether (sulfide) groups is 1. The highest BCUT2D eigenvalue weighted by molar-refractivity contribution is 7.99. The van der Waals surface area contributed by atoms with Gasteiger partial charge in [0, 0.05) is 19.5 Å². The van der Waals surface area contributed by atoms with E-state index in [-0.39, 0.29) is 0 Å². The molecule has 2 heterocycles. The van der Waals surface area contributed by atoms with Gasteiger partial charge in [-0.1, -0.05) is 18.5 Å². The lowest BCUT2D eigenvalue weighted by molar-refractivity contribution is 0.380. The maximum absolute atomic E-state index is 6.35. The molecule has 2 unspecified atom stereocenters. The maximum atomic E-state index is 6.35. The Morgan fingerprint density at radius 1 is 1.61 bits per heavy atom. The molecule has 0 radical (unpaired) electrons. The lowest BCUT2D eigenvalue weighted by atomic mass is 9.95. The van der Waals surface area contributed by atoms with Gasteiger partial charge in [-0.05, 0) is 37.3 Å². The van der Waals surface area contributed by atoms with Crippen LogP contribution < -0.4 is 5.32 Å². The first-order chi connectivity index (χ1) is 8.63. The normalized spacial score (nSPS) is 21.4. The zero-order chi connectivity index (χ0) is 13.1. The summed E-state index contributed by atoms with van der Waals surface area (Å²) in [6.45, 7) is 5.16. The van der Waals surface area contributed by atoms with Gasteiger partial charge >= 0.3 is 0 Å². The van der Waals surface area contributed by atoms with E-state index >= 15 is 0 Å². The van der Waals surface area contributed by atoms with Gasteiger partial charge in [0.1, 0.15) is 0 Å². The molecule has 0 aromatic carbocycles. The second kappa shape index (κ2) is 6.31. The molecule has 18 heavy (non-hydrogen) atoms. The molecule has 0 spiro atoms. The van der Waals surface area contributed by atoms with Gasteiger partial charge in [0.25, 0.3) is 0 Å². The summed E-state index contributed by atoms with van der Waals surface area (Å²) < 4.78 is 1.93. The summed E-state index contributed by atoms with van der Waals surface area (Å²) in [5.41, 5.74) is 2.10. The minimum atomic E-state index is 0.525. The molecule has 1 N–H and O–H groups in total.